The number of aryl methyl sites for hydroxylation is 1. The van der Waals surface area contributed by atoms with Crippen LogP contribution < -0.4 is 14.0 Å². The number of hydrogen-bond acceptors (Lipinski definition) is 3. The topological polar surface area (TPSA) is 43.5 Å². The van der Waals surface area contributed by atoms with E-state index >= 15 is 13.2 Å². The molecule has 1 N–H and O–H groups in total. The van der Waals surface area contributed by atoms with Gasteiger partial charge in [-0.15, -0.1) is 0 Å². The van der Waals surface area contributed by atoms with Crippen LogP contribution in [-0.4, -0.2) is 12.3 Å². The summed E-state index contributed by atoms with van der Waals surface area (Å²) in [5.41, 5.74) is 1.29. The molecule has 61 heavy (non-hydrogen) atoms. The number of aromatic amines is 1. The molecule has 0 radical (unpaired) electrons. The number of benzene rings is 6. The van der Waals surface area contributed by atoms with Gasteiger partial charge in [0.15, 0.2) is 122 Å². The second kappa shape index (κ2) is 15.8. The van der Waals surface area contributed by atoms with Crippen LogP contribution in [0.25, 0.3) is 32.3 Å². The van der Waals surface area contributed by atoms with E-state index in [0.717, 1.165) is 0 Å². The fourth-order valence-electron chi connectivity index (χ4n) is 5.50. The lowest BCUT2D eigenvalue weighted by atomic mass is 10.0. The van der Waals surface area contributed by atoms with Crippen molar-refractivity contribution in [2.75, 3.05) is 0 Å². The van der Waals surface area contributed by atoms with E-state index in [9.17, 15) is 79.0 Å². The molecule has 7 rings (SSSR count). The Kier molecular flexibility index (Phi) is 11.4. The molecule has 0 unspecified atom stereocenters. The van der Waals surface area contributed by atoms with Crippen LogP contribution in [-0.2, 0) is 0 Å². The van der Waals surface area contributed by atoms with E-state index in [1.807, 2.05) is 18.5 Å². The highest BCUT2D eigenvalue weighted by atomic mass is 19.2. The maximum atomic E-state index is 15.2. The molecule has 0 aliphatic carbocycles. The highest BCUT2D eigenvalue weighted by Gasteiger charge is 2.43. The normalized spacial score (nSPS) is 11.4. The molecule has 7 aromatic rings. The monoisotopic (exact) mass is 899 g/mol. The minimum atomic E-state index is -4.20. The third-order valence-electron chi connectivity index (χ3n) is 8.29. The lowest BCUT2D eigenvalue weighted by Crippen LogP contribution is -2.38. The average Bonchev–Trinajstić information content (AvgIpc) is 3.72. The summed E-state index contributed by atoms with van der Waals surface area (Å²) in [5, 5.41) is -14.7. The van der Waals surface area contributed by atoms with Crippen molar-refractivity contribution in [1.82, 2.24) is 4.98 Å². The summed E-state index contributed by atoms with van der Waals surface area (Å²) in [6.45, 7) is 2.05. The Hall–Kier alpha value is -6.63. The average molecular weight is 899 g/mol. The van der Waals surface area contributed by atoms with Crippen molar-refractivity contribution in [3.8, 4) is 17.2 Å². The molecule has 0 aliphatic rings. The molecule has 0 saturated carbocycles. The van der Waals surface area contributed by atoms with Gasteiger partial charge in [0.1, 0.15) is 0 Å². The molecule has 6 aromatic carbocycles. The van der Waals surface area contributed by atoms with Crippen LogP contribution in [0, 0.1) is 129 Å². The van der Waals surface area contributed by atoms with Gasteiger partial charge in [0.05, 0.1) is 32.3 Å². The lowest BCUT2D eigenvalue weighted by Gasteiger charge is -2.22. The van der Waals surface area contributed by atoms with E-state index in [0.29, 0.717) is 0 Å². The summed E-state index contributed by atoms with van der Waals surface area (Å²) in [6, 6.07) is 2.03. The van der Waals surface area contributed by atoms with Gasteiger partial charge in [-0.05, 0) is 18.6 Å². The number of H-pyrrole nitrogens is 1. The standard InChI is InChI=1S/C30BF21O3.C5H7N/c32-7-1-4(13(38)19(44)16(7)41)28(25(50)22(47)10(1)35)53-31(54-29-5-2(11(36)23(48)26(29)51)8(33)17(42)20(45)14(5)39)55-30-6-3(12(37)24(49)27(30)52)9(34)18(43)21(46)15(6)40;1-5-2-3-6-4-5/h;2-4,6H,1H3. The first kappa shape index (κ1) is 43.9. The molecule has 320 valence electrons. The fourth-order valence-corrected chi connectivity index (χ4v) is 5.50. The second-order valence-corrected chi connectivity index (χ2v) is 11.9. The molecule has 0 amide bonds. The van der Waals surface area contributed by atoms with Crippen LogP contribution >= 0.6 is 0 Å². The molecule has 26 heteroatoms. The van der Waals surface area contributed by atoms with Gasteiger partial charge in [0.2, 0.25) is 17.5 Å². The maximum absolute atomic E-state index is 15.2. The smallest absolute Gasteiger partial charge is 0.486 e. The summed E-state index contributed by atoms with van der Waals surface area (Å²) < 4.78 is 319. The molecule has 4 nitrogen and oxygen atoms in total. The van der Waals surface area contributed by atoms with Crippen molar-refractivity contribution in [3.63, 3.8) is 0 Å². The first-order valence-electron chi connectivity index (χ1n) is 15.5. The fraction of sp³-hybridized carbons (Fsp3) is 0.0286. The Morgan fingerprint density at radius 2 is 0.525 bits per heavy atom. The number of nitrogens with one attached hydrogen (secondary N) is 1. The van der Waals surface area contributed by atoms with Crippen LogP contribution in [0.3, 0.4) is 0 Å². The zero-order valence-electron chi connectivity index (χ0n) is 28.5. The molecule has 1 aromatic heterocycles. The summed E-state index contributed by atoms with van der Waals surface area (Å²) in [5.74, 6) is -70.7. The van der Waals surface area contributed by atoms with Crippen LogP contribution in [0.4, 0.5) is 92.2 Å². The van der Waals surface area contributed by atoms with Crippen molar-refractivity contribution in [2.24, 2.45) is 0 Å². The van der Waals surface area contributed by atoms with Gasteiger partial charge in [0.25, 0.3) is 0 Å². The predicted octanol–water partition coefficient (Wildman–Crippen LogP) is 11.9. The molecule has 0 aliphatic heterocycles. The zero-order chi connectivity index (χ0) is 45.4. The Balaban J connectivity index is 0.000000953. The van der Waals surface area contributed by atoms with Crippen LogP contribution in [0.5, 0.6) is 17.2 Å². The van der Waals surface area contributed by atoms with Crippen molar-refractivity contribution in [2.45, 2.75) is 6.92 Å². The van der Waals surface area contributed by atoms with Crippen LogP contribution in [0.1, 0.15) is 5.56 Å². The largest absolute Gasteiger partial charge is 0.864 e. The molecule has 0 spiro atoms. The number of aromatic nitrogens is 1. The van der Waals surface area contributed by atoms with Gasteiger partial charge in [0, 0.05) is 12.4 Å². The lowest BCUT2D eigenvalue weighted by molar-refractivity contribution is 0.281. The summed E-state index contributed by atoms with van der Waals surface area (Å²) in [6.07, 6.45) is 3.87. The van der Waals surface area contributed by atoms with Crippen molar-refractivity contribution in [1.29, 1.82) is 0 Å². The van der Waals surface area contributed by atoms with Crippen molar-refractivity contribution >= 4 is 39.6 Å². The van der Waals surface area contributed by atoms with E-state index in [2.05, 4.69) is 25.9 Å². The number of halogens is 21. The van der Waals surface area contributed by atoms with Crippen LogP contribution in [0.2, 0.25) is 0 Å². The first-order chi connectivity index (χ1) is 28.5. The Labute approximate surface area is 321 Å². The van der Waals surface area contributed by atoms with Crippen molar-refractivity contribution < 1.29 is 106 Å². The number of fused-ring (bicyclic) bond motifs is 3. The molecule has 0 bridgehead atoms. The third-order valence-corrected chi connectivity index (χ3v) is 8.29. The van der Waals surface area contributed by atoms with Gasteiger partial charge in [-0.2, -0.15) is 13.2 Å². The molecule has 0 atom stereocenters. The van der Waals surface area contributed by atoms with E-state index < -0.39 is 179 Å². The van der Waals surface area contributed by atoms with Gasteiger partial charge in [-0.3, -0.25) is 0 Å². The minimum absolute atomic E-state index is 1.29. The highest BCUT2D eigenvalue weighted by Crippen LogP contribution is 2.44. The summed E-state index contributed by atoms with van der Waals surface area (Å²) in [7, 11) is -4.20. The molecular formula is C35H7BF21NO3. The molecule has 1 heterocycles. The van der Waals surface area contributed by atoms with E-state index in [1.54, 1.807) is 0 Å². The Morgan fingerprint density at radius 3 is 0.705 bits per heavy atom. The number of rotatable bonds is 6. The minimum Gasteiger partial charge on any atom is -0.486 e. The molecule has 0 fully saturated rings. The van der Waals surface area contributed by atoms with Gasteiger partial charge in [-0.1, -0.05) is 0 Å². The summed E-state index contributed by atoms with van der Waals surface area (Å²) >= 11 is 0. The summed E-state index contributed by atoms with van der Waals surface area (Å²) in [4.78, 5) is 2.93. The third kappa shape index (κ3) is 6.76. The van der Waals surface area contributed by atoms with E-state index in [1.165, 1.54) is 5.56 Å². The SMILES string of the molecule is Cc1cc[nH]c1.Fc1c(F)c(F)c2c(OB(Oc3c(F)c(F)c(F)c4c(F)c(F)c(F)c(F)c34)Oc3c(F)c(F)c(F)c4c(F)c(F)c(F)c(F)c34)c(F)c(F)c(F)c2c1F. The molecular weight excluding hydrogens is 892 g/mol. The Morgan fingerprint density at radius 1 is 0.311 bits per heavy atom. The quantitative estimate of drug-likeness (QED) is 0.0783. The van der Waals surface area contributed by atoms with Crippen LogP contribution in [0.15, 0.2) is 18.5 Å². The Bertz CT molecular complexity index is 2680. The maximum Gasteiger partial charge on any atom is 0.864 e. The zero-order valence-corrected chi connectivity index (χ0v) is 28.5. The van der Waals surface area contributed by atoms with E-state index in [4.69, 9.17) is 0 Å². The second-order valence-electron chi connectivity index (χ2n) is 11.9. The van der Waals surface area contributed by atoms with E-state index in [-0.39, 0.29) is 0 Å². The van der Waals surface area contributed by atoms with Gasteiger partial charge >= 0.3 is 7.32 Å². The van der Waals surface area contributed by atoms with Gasteiger partial charge < -0.3 is 18.9 Å². The van der Waals surface area contributed by atoms with Crippen molar-refractivity contribution in [3.05, 3.63) is 146 Å². The number of hydrogen-bond donors (Lipinski definition) is 1. The molecule has 0 saturated heterocycles. The first-order valence-corrected chi connectivity index (χ1v) is 15.5. The predicted molar refractivity (Wildman–Crippen MR) is 164 cm³/mol. The van der Waals surface area contributed by atoms with Gasteiger partial charge in [-0.25, -0.2) is 79.0 Å². The highest BCUT2D eigenvalue weighted by molar-refractivity contribution is 6.40.